The van der Waals surface area contributed by atoms with Gasteiger partial charge in [-0.15, -0.1) is 0 Å². The maximum Gasteiger partial charge on any atom is 1.00 e. The van der Waals surface area contributed by atoms with E-state index in [1.165, 1.54) is 57.3 Å². The van der Waals surface area contributed by atoms with Crippen molar-refractivity contribution < 1.29 is 31.0 Å². The van der Waals surface area contributed by atoms with E-state index in [1.54, 1.807) is 11.1 Å². The zero-order chi connectivity index (χ0) is 14.1. The van der Waals surface area contributed by atoms with Gasteiger partial charge in [-0.3, -0.25) is 0 Å². The van der Waals surface area contributed by atoms with Gasteiger partial charge in [0.25, 0.3) is 0 Å². The molecule has 1 nitrogen and oxygen atoms in total. The molecule has 1 aromatic rings. The summed E-state index contributed by atoms with van der Waals surface area (Å²) in [6, 6.07) is 6.90. The van der Waals surface area contributed by atoms with Crippen LogP contribution in [0, 0.1) is 0 Å². The Morgan fingerprint density at radius 3 is 1.95 bits per heavy atom. The second kappa shape index (κ2) is 11.7. The van der Waals surface area contributed by atoms with E-state index in [-0.39, 0.29) is 31.0 Å². The van der Waals surface area contributed by atoms with Crippen molar-refractivity contribution in [1.29, 1.82) is 0 Å². The molecule has 2 heteroatoms. The average Bonchev–Trinajstić information content (AvgIpc) is 2.41. The van der Waals surface area contributed by atoms with E-state index in [1.807, 2.05) is 0 Å². The van der Waals surface area contributed by atoms with Crippen LogP contribution in [0.25, 0.3) is 0 Å². The van der Waals surface area contributed by atoms with Gasteiger partial charge in [-0.05, 0) is 42.9 Å². The van der Waals surface area contributed by atoms with Gasteiger partial charge in [-0.1, -0.05) is 52.7 Å². The van der Waals surface area contributed by atoms with Crippen LogP contribution in [0.5, 0.6) is 0 Å². The Morgan fingerprint density at radius 2 is 1.45 bits per heavy atom. The fraction of sp³-hybridized carbons (Fsp3) is 0.667. The minimum Gasteiger partial charge on any atom is -1.00 e. The third-order valence-corrected chi connectivity index (χ3v) is 3.60. The van der Waals surface area contributed by atoms with Crippen molar-refractivity contribution in [2.24, 2.45) is 0 Å². The van der Waals surface area contributed by atoms with Crippen molar-refractivity contribution in [3.8, 4) is 0 Å². The smallest absolute Gasteiger partial charge is 1.00 e. The summed E-state index contributed by atoms with van der Waals surface area (Å²) in [5.41, 5.74) is 4.67. The van der Waals surface area contributed by atoms with Crippen LogP contribution >= 0.6 is 0 Å². The van der Waals surface area contributed by atoms with Gasteiger partial charge in [0.1, 0.15) is 0 Å². The SMILES string of the molecule is CCCc1cccc(N(CCC)CCC)c1CCC.[H-].[Na+]. The quantitative estimate of drug-likeness (QED) is 0.630. The maximum atomic E-state index is 2.59. The Bertz CT molecular complexity index is 362. The number of nitrogens with zero attached hydrogens (tertiary/aromatic N) is 1. The third-order valence-electron chi connectivity index (χ3n) is 3.60. The predicted octanol–water partition coefficient (Wildman–Crippen LogP) is 2.33. The first kappa shape index (κ1) is 20.0. The second-order valence-corrected chi connectivity index (χ2v) is 5.40. The maximum absolute atomic E-state index is 2.59. The standard InChI is InChI=1S/C18H31N.Na.H/c1-5-10-16-12-9-13-18(17(16)11-6-2)19(14-7-3)15-8-4;;/h9,12-13H,5-8,10-11,14-15H2,1-4H3;;/q;+1;-1. The van der Waals surface area contributed by atoms with E-state index in [2.05, 4.69) is 50.8 Å². The van der Waals surface area contributed by atoms with Gasteiger partial charge < -0.3 is 6.33 Å². The number of aryl methyl sites for hydroxylation is 1. The summed E-state index contributed by atoms with van der Waals surface area (Å²) < 4.78 is 0. The van der Waals surface area contributed by atoms with Crippen molar-refractivity contribution in [1.82, 2.24) is 0 Å². The van der Waals surface area contributed by atoms with Crippen molar-refractivity contribution in [2.45, 2.75) is 66.2 Å². The molecular weight excluding hydrogens is 253 g/mol. The van der Waals surface area contributed by atoms with Gasteiger partial charge in [-0.25, -0.2) is 0 Å². The van der Waals surface area contributed by atoms with E-state index in [4.69, 9.17) is 0 Å². The molecule has 110 valence electrons. The zero-order valence-electron chi connectivity index (χ0n) is 15.3. The molecule has 0 atom stereocenters. The fourth-order valence-corrected chi connectivity index (χ4v) is 2.85. The molecule has 0 fully saturated rings. The van der Waals surface area contributed by atoms with Crippen LogP contribution in [0.2, 0.25) is 0 Å². The van der Waals surface area contributed by atoms with E-state index in [0.717, 1.165) is 0 Å². The third kappa shape index (κ3) is 5.79. The summed E-state index contributed by atoms with van der Waals surface area (Å²) in [7, 11) is 0. The van der Waals surface area contributed by atoms with Crippen LogP contribution in [0.1, 0.15) is 65.9 Å². The molecule has 0 aromatic heterocycles. The Balaban J connectivity index is 0. The topological polar surface area (TPSA) is 3.24 Å². The molecule has 0 amide bonds. The molecule has 0 N–H and O–H groups in total. The van der Waals surface area contributed by atoms with Gasteiger partial charge in [-0.2, -0.15) is 0 Å². The average molecular weight is 285 g/mol. The first-order valence-corrected chi connectivity index (χ1v) is 8.14. The molecule has 0 aliphatic rings. The van der Waals surface area contributed by atoms with Crippen LogP contribution in [0.15, 0.2) is 18.2 Å². The minimum atomic E-state index is 0. The molecule has 0 spiro atoms. The summed E-state index contributed by atoms with van der Waals surface area (Å²) in [5.74, 6) is 0. The molecule has 20 heavy (non-hydrogen) atoms. The van der Waals surface area contributed by atoms with Gasteiger partial charge in [0.2, 0.25) is 0 Å². The van der Waals surface area contributed by atoms with Crippen LogP contribution in [0.3, 0.4) is 0 Å². The van der Waals surface area contributed by atoms with Gasteiger partial charge in [0, 0.05) is 18.8 Å². The van der Waals surface area contributed by atoms with E-state index >= 15 is 0 Å². The molecule has 0 bridgehead atoms. The van der Waals surface area contributed by atoms with Crippen molar-refractivity contribution >= 4 is 5.69 Å². The van der Waals surface area contributed by atoms with Crippen LogP contribution in [-0.2, 0) is 12.8 Å². The molecule has 1 aromatic carbocycles. The van der Waals surface area contributed by atoms with Crippen LogP contribution < -0.4 is 34.5 Å². The van der Waals surface area contributed by atoms with Crippen molar-refractivity contribution in [3.63, 3.8) is 0 Å². The normalized spacial score (nSPS) is 10.2. The summed E-state index contributed by atoms with van der Waals surface area (Å²) in [6.07, 6.45) is 7.36. The molecule has 0 saturated carbocycles. The summed E-state index contributed by atoms with van der Waals surface area (Å²) >= 11 is 0. The molecule has 0 aliphatic heterocycles. The Hall–Kier alpha value is 0.0200. The first-order chi connectivity index (χ1) is 9.28. The molecular formula is C18H32NNa. The van der Waals surface area contributed by atoms with E-state index < -0.39 is 0 Å². The van der Waals surface area contributed by atoms with Crippen molar-refractivity contribution in [3.05, 3.63) is 29.3 Å². The summed E-state index contributed by atoms with van der Waals surface area (Å²) in [6.45, 7) is 11.5. The molecule has 0 saturated heterocycles. The molecule has 0 heterocycles. The Morgan fingerprint density at radius 1 is 0.850 bits per heavy atom. The van der Waals surface area contributed by atoms with Crippen LogP contribution in [-0.4, -0.2) is 13.1 Å². The predicted molar refractivity (Wildman–Crippen MR) is 88.3 cm³/mol. The number of hydrogen-bond donors (Lipinski definition) is 0. The molecule has 0 radical (unpaired) electrons. The van der Waals surface area contributed by atoms with Crippen LogP contribution in [0.4, 0.5) is 5.69 Å². The molecule has 0 aliphatic carbocycles. The molecule has 1 rings (SSSR count). The Labute approximate surface area is 149 Å². The van der Waals surface area contributed by atoms with E-state index in [9.17, 15) is 0 Å². The summed E-state index contributed by atoms with van der Waals surface area (Å²) in [4.78, 5) is 2.59. The molecule has 0 unspecified atom stereocenters. The monoisotopic (exact) mass is 285 g/mol. The number of hydrogen-bond acceptors (Lipinski definition) is 1. The number of anilines is 1. The fourth-order valence-electron chi connectivity index (χ4n) is 2.85. The summed E-state index contributed by atoms with van der Waals surface area (Å²) in [5, 5.41) is 0. The van der Waals surface area contributed by atoms with Gasteiger partial charge >= 0.3 is 29.6 Å². The van der Waals surface area contributed by atoms with Gasteiger partial charge in [0.15, 0.2) is 0 Å². The Kier molecular flexibility index (Phi) is 11.7. The largest absolute Gasteiger partial charge is 1.00 e. The first-order valence-electron chi connectivity index (χ1n) is 8.14. The van der Waals surface area contributed by atoms with Crippen molar-refractivity contribution in [2.75, 3.05) is 18.0 Å². The number of benzene rings is 1. The number of rotatable bonds is 9. The minimum absolute atomic E-state index is 0. The van der Waals surface area contributed by atoms with E-state index in [0.29, 0.717) is 0 Å². The zero-order valence-corrected chi connectivity index (χ0v) is 16.3. The second-order valence-electron chi connectivity index (χ2n) is 5.40. The van der Waals surface area contributed by atoms with Gasteiger partial charge in [0.05, 0.1) is 0 Å².